The van der Waals surface area contributed by atoms with Gasteiger partial charge in [-0.2, -0.15) is 0 Å². The van der Waals surface area contributed by atoms with E-state index in [1.807, 2.05) is 24.3 Å². The fraction of sp³-hybridized carbons (Fsp3) is 0.125. The standard InChI is InChI=1S/C16H15BrN2/c1-10-15(13-4-2-3-5-14(13)19-10)16(18)11-6-8-12(17)9-7-11/h2-9,16,19H,18H2,1H3. The van der Waals surface area contributed by atoms with Crippen molar-refractivity contribution in [2.45, 2.75) is 13.0 Å². The summed E-state index contributed by atoms with van der Waals surface area (Å²) in [6.45, 7) is 2.08. The van der Waals surface area contributed by atoms with Gasteiger partial charge in [0.05, 0.1) is 6.04 Å². The van der Waals surface area contributed by atoms with Crippen molar-refractivity contribution in [1.82, 2.24) is 4.98 Å². The largest absolute Gasteiger partial charge is 0.358 e. The molecule has 1 unspecified atom stereocenters. The summed E-state index contributed by atoms with van der Waals surface area (Å²) < 4.78 is 1.07. The van der Waals surface area contributed by atoms with Gasteiger partial charge in [-0.05, 0) is 30.7 Å². The lowest BCUT2D eigenvalue weighted by Crippen LogP contribution is -2.12. The number of hydrogen-bond donors (Lipinski definition) is 2. The zero-order valence-corrected chi connectivity index (χ0v) is 12.2. The Balaban J connectivity index is 2.13. The number of aryl methyl sites for hydroxylation is 1. The zero-order valence-electron chi connectivity index (χ0n) is 10.7. The molecule has 0 saturated carbocycles. The van der Waals surface area contributed by atoms with Crippen molar-refractivity contribution in [2.24, 2.45) is 5.73 Å². The van der Waals surface area contributed by atoms with Gasteiger partial charge in [-0.1, -0.05) is 46.3 Å². The van der Waals surface area contributed by atoms with Crippen molar-refractivity contribution in [3.05, 3.63) is 69.8 Å². The number of nitrogens with two attached hydrogens (primary N) is 1. The first-order valence-electron chi connectivity index (χ1n) is 6.25. The van der Waals surface area contributed by atoms with E-state index in [0.29, 0.717) is 0 Å². The van der Waals surface area contributed by atoms with Crippen LogP contribution in [0.1, 0.15) is 22.9 Å². The van der Waals surface area contributed by atoms with Gasteiger partial charge in [0, 0.05) is 26.6 Å². The average Bonchev–Trinajstić information content (AvgIpc) is 2.74. The van der Waals surface area contributed by atoms with Crippen LogP contribution in [0.3, 0.4) is 0 Å². The molecular formula is C16H15BrN2. The van der Waals surface area contributed by atoms with Gasteiger partial charge in [0.25, 0.3) is 0 Å². The maximum atomic E-state index is 6.44. The molecule has 19 heavy (non-hydrogen) atoms. The van der Waals surface area contributed by atoms with Crippen molar-refractivity contribution >= 4 is 26.8 Å². The normalized spacial score (nSPS) is 12.8. The smallest absolute Gasteiger partial charge is 0.0575 e. The van der Waals surface area contributed by atoms with Gasteiger partial charge in [-0.3, -0.25) is 0 Å². The number of rotatable bonds is 2. The number of fused-ring (bicyclic) bond motifs is 1. The lowest BCUT2D eigenvalue weighted by Gasteiger charge is -2.13. The summed E-state index contributed by atoms with van der Waals surface area (Å²) in [6, 6.07) is 16.4. The maximum absolute atomic E-state index is 6.44. The number of aromatic amines is 1. The molecule has 1 heterocycles. The number of aromatic nitrogens is 1. The van der Waals surface area contributed by atoms with Crippen LogP contribution in [0.2, 0.25) is 0 Å². The van der Waals surface area contributed by atoms with Gasteiger partial charge >= 0.3 is 0 Å². The first-order valence-corrected chi connectivity index (χ1v) is 7.04. The van der Waals surface area contributed by atoms with E-state index < -0.39 is 0 Å². The van der Waals surface area contributed by atoms with Crippen LogP contribution in [0.25, 0.3) is 10.9 Å². The quantitative estimate of drug-likeness (QED) is 0.728. The fourth-order valence-corrected chi connectivity index (χ4v) is 2.80. The van der Waals surface area contributed by atoms with Gasteiger partial charge < -0.3 is 10.7 Å². The maximum Gasteiger partial charge on any atom is 0.0575 e. The lowest BCUT2D eigenvalue weighted by atomic mass is 9.97. The zero-order chi connectivity index (χ0) is 13.4. The third-order valence-electron chi connectivity index (χ3n) is 3.48. The van der Waals surface area contributed by atoms with Crippen LogP contribution in [0.4, 0.5) is 0 Å². The topological polar surface area (TPSA) is 41.8 Å². The molecule has 0 amide bonds. The van der Waals surface area contributed by atoms with Crippen LogP contribution in [0, 0.1) is 6.92 Å². The highest BCUT2D eigenvalue weighted by atomic mass is 79.9. The third-order valence-corrected chi connectivity index (χ3v) is 4.01. The molecule has 2 nitrogen and oxygen atoms in total. The highest BCUT2D eigenvalue weighted by molar-refractivity contribution is 9.10. The Kier molecular flexibility index (Phi) is 3.17. The van der Waals surface area contributed by atoms with E-state index in [4.69, 9.17) is 5.73 Å². The number of halogens is 1. The van der Waals surface area contributed by atoms with Gasteiger partial charge in [-0.25, -0.2) is 0 Å². The lowest BCUT2D eigenvalue weighted by molar-refractivity contribution is 0.868. The molecule has 2 aromatic carbocycles. The molecule has 3 aromatic rings. The molecule has 3 rings (SSSR count). The van der Waals surface area contributed by atoms with Crippen molar-refractivity contribution in [1.29, 1.82) is 0 Å². The first-order chi connectivity index (χ1) is 9.16. The van der Waals surface area contributed by atoms with Gasteiger partial charge in [-0.15, -0.1) is 0 Å². The summed E-state index contributed by atoms with van der Waals surface area (Å²) in [4.78, 5) is 3.40. The van der Waals surface area contributed by atoms with E-state index in [1.54, 1.807) is 0 Å². The number of benzene rings is 2. The molecule has 0 aliphatic heterocycles. The van der Waals surface area contributed by atoms with Gasteiger partial charge in [0.15, 0.2) is 0 Å². The second-order valence-corrected chi connectivity index (χ2v) is 5.65. The summed E-state index contributed by atoms with van der Waals surface area (Å²) in [5.74, 6) is 0. The van der Waals surface area contributed by atoms with E-state index in [0.717, 1.165) is 21.2 Å². The van der Waals surface area contributed by atoms with E-state index in [2.05, 4.69) is 52.1 Å². The summed E-state index contributed by atoms with van der Waals surface area (Å²) in [7, 11) is 0. The van der Waals surface area contributed by atoms with Crippen molar-refractivity contribution in [2.75, 3.05) is 0 Å². The minimum atomic E-state index is -0.107. The van der Waals surface area contributed by atoms with Gasteiger partial charge in [0.1, 0.15) is 0 Å². The monoisotopic (exact) mass is 314 g/mol. The molecule has 0 saturated heterocycles. The Hall–Kier alpha value is -1.58. The first kappa shape index (κ1) is 12.5. The minimum Gasteiger partial charge on any atom is -0.358 e. The molecule has 3 N–H and O–H groups in total. The van der Waals surface area contributed by atoms with Crippen molar-refractivity contribution in [3.63, 3.8) is 0 Å². The molecule has 3 heteroatoms. The van der Waals surface area contributed by atoms with E-state index in [1.165, 1.54) is 10.9 Å². The van der Waals surface area contributed by atoms with Crippen LogP contribution in [-0.4, -0.2) is 4.98 Å². The van der Waals surface area contributed by atoms with Crippen LogP contribution >= 0.6 is 15.9 Å². The molecule has 96 valence electrons. The Morgan fingerprint density at radius 2 is 1.74 bits per heavy atom. The van der Waals surface area contributed by atoms with E-state index in [9.17, 15) is 0 Å². The second kappa shape index (κ2) is 4.83. The number of nitrogens with one attached hydrogen (secondary N) is 1. The molecule has 1 aromatic heterocycles. The minimum absolute atomic E-state index is 0.107. The van der Waals surface area contributed by atoms with Crippen LogP contribution in [0.15, 0.2) is 53.0 Å². The Morgan fingerprint density at radius 1 is 1.05 bits per heavy atom. The number of H-pyrrole nitrogens is 1. The predicted octanol–water partition coefficient (Wildman–Crippen LogP) is 4.29. The Bertz CT molecular complexity index is 713. The molecule has 0 aliphatic rings. The van der Waals surface area contributed by atoms with Gasteiger partial charge in [0.2, 0.25) is 0 Å². The molecule has 1 atom stereocenters. The Morgan fingerprint density at radius 3 is 2.47 bits per heavy atom. The predicted molar refractivity (Wildman–Crippen MR) is 83.2 cm³/mol. The van der Waals surface area contributed by atoms with Crippen LogP contribution in [-0.2, 0) is 0 Å². The summed E-state index contributed by atoms with van der Waals surface area (Å²) in [6.07, 6.45) is 0. The molecule has 0 aliphatic carbocycles. The average molecular weight is 315 g/mol. The molecule has 0 spiro atoms. The number of para-hydroxylation sites is 1. The van der Waals surface area contributed by atoms with Crippen LogP contribution < -0.4 is 5.73 Å². The van der Waals surface area contributed by atoms with Crippen molar-refractivity contribution < 1.29 is 0 Å². The molecule has 0 bridgehead atoms. The summed E-state index contributed by atoms with van der Waals surface area (Å²) in [5.41, 5.74) is 11.0. The highest BCUT2D eigenvalue weighted by Crippen LogP contribution is 2.30. The second-order valence-electron chi connectivity index (χ2n) is 4.74. The van der Waals surface area contributed by atoms with E-state index in [-0.39, 0.29) is 6.04 Å². The third kappa shape index (κ3) is 2.20. The SMILES string of the molecule is Cc1[nH]c2ccccc2c1C(N)c1ccc(Br)cc1. The molecular weight excluding hydrogens is 300 g/mol. The molecule has 0 radical (unpaired) electrons. The van der Waals surface area contributed by atoms with E-state index >= 15 is 0 Å². The summed E-state index contributed by atoms with van der Waals surface area (Å²) >= 11 is 3.45. The summed E-state index contributed by atoms with van der Waals surface area (Å²) in [5, 5.41) is 1.20. The fourth-order valence-electron chi connectivity index (χ4n) is 2.54. The molecule has 0 fully saturated rings. The number of hydrogen-bond acceptors (Lipinski definition) is 1. The Labute approximate surface area is 120 Å². The highest BCUT2D eigenvalue weighted by Gasteiger charge is 2.16. The van der Waals surface area contributed by atoms with Crippen LogP contribution in [0.5, 0.6) is 0 Å². The van der Waals surface area contributed by atoms with Crippen molar-refractivity contribution in [3.8, 4) is 0 Å².